The van der Waals surface area contributed by atoms with E-state index in [1.807, 2.05) is 42.5 Å². The van der Waals surface area contributed by atoms with E-state index in [0.717, 1.165) is 16.3 Å². The van der Waals surface area contributed by atoms with Gasteiger partial charge in [-0.3, -0.25) is 24.2 Å². The lowest BCUT2D eigenvalue weighted by Crippen LogP contribution is -2.54. The summed E-state index contributed by atoms with van der Waals surface area (Å²) in [6.45, 7) is -0.312. The molecule has 3 atom stereocenters. The van der Waals surface area contributed by atoms with Gasteiger partial charge in [0.25, 0.3) is 0 Å². The molecule has 2 aromatic carbocycles. The van der Waals surface area contributed by atoms with E-state index in [1.165, 1.54) is 0 Å². The second kappa shape index (κ2) is 15.6. The Kier molecular flexibility index (Phi) is 12.3. The van der Waals surface area contributed by atoms with E-state index in [-0.39, 0.29) is 31.8 Å². The summed E-state index contributed by atoms with van der Waals surface area (Å²) < 4.78 is 0. The predicted octanol–water partition coefficient (Wildman–Crippen LogP) is -1.20. The molecule has 0 radical (unpaired) electrons. The molecule has 0 aliphatic heterocycles. The Hall–Kier alpha value is -4.72. The van der Waals surface area contributed by atoms with Crippen molar-refractivity contribution in [2.24, 2.45) is 22.2 Å². The minimum atomic E-state index is -1.44. The van der Waals surface area contributed by atoms with Crippen molar-refractivity contribution in [1.82, 2.24) is 16.0 Å². The Morgan fingerprint density at radius 2 is 1.57 bits per heavy atom. The van der Waals surface area contributed by atoms with E-state index in [9.17, 15) is 29.1 Å². The van der Waals surface area contributed by atoms with Gasteiger partial charge in [0.15, 0.2) is 5.96 Å². The molecule has 0 aliphatic rings. The highest BCUT2D eigenvalue weighted by molar-refractivity contribution is 5.93. The number of benzene rings is 2. The van der Waals surface area contributed by atoms with E-state index in [4.69, 9.17) is 22.3 Å². The second-order valence-electron chi connectivity index (χ2n) is 9.11. The van der Waals surface area contributed by atoms with Gasteiger partial charge in [0.2, 0.25) is 17.7 Å². The van der Waals surface area contributed by atoms with Crippen molar-refractivity contribution in [3.8, 4) is 0 Å². The fourth-order valence-corrected chi connectivity index (χ4v) is 3.80. The summed E-state index contributed by atoms with van der Waals surface area (Å²) in [5, 5.41) is 27.1. The minimum Gasteiger partial charge on any atom is -0.481 e. The third-order valence-electron chi connectivity index (χ3n) is 5.89. The fraction of sp³-hybridized carbons (Fsp3) is 0.385. The number of rotatable bonds is 16. The summed E-state index contributed by atoms with van der Waals surface area (Å²) in [4.78, 5) is 64.0. The quantitative estimate of drug-likeness (QED) is 0.0695. The number of carbonyl (C=O) groups is 5. The van der Waals surface area contributed by atoms with Gasteiger partial charge in [0.1, 0.15) is 12.1 Å². The molecule has 0 unspecified atom stereocenters. The summed E-state index contributed by atoms with van der Waals surface area (Å²) in [6.07, 6.45) is -0.0219. The number of aliphatic imine (C=N–C) groups is 1. The maximum Gasteiger partial charge on any atom is 0.326 e. The first-order valence-electron chi connectivity index (χ1n) is 12.6. The van der Waals surface area contributed by atoms with Crippen molar-refractivity contribution in [1.29, 1.82) is 0 Å². The van der Waals surface area contributed by atoms with Gasteiger partial charge in [-0.2, -0.15) is 0 Å². The maximum atomic E-state index is 13.1. The van der Waals surface area contributed by atoms with Crippen LogP contribution in [0.4, 0.5) is 0 Å². The van der Waals surface area contributed by atoms with Crippen LogP contribution in [0.3, 0.4) is 0 Å². The number of aliphatic carboxylic acids is 2. The van der Waals surface area contributed by atoms with Crippen molar-refractivity contribution >= 4 is 46.4 Å². The number of hydrogen-bond donors (Lipinski definition) is 8. The second-order valence-corrected chi connectivity index (χ2v) is 9.11. The monoisotopic (exact) mass is 557 g/mol. The Morgan fingerprint density at radius 3 is 2.23 bits per heavy atom. The zero-order valence-corrected chi connectivity index (χ0v) is 21.8. The minimum absolute atomic E-state index is 0.0780. The number of guanidine groups is 1. The SMILES string of the molecule is NC(N)=NCCC[C@H](N)C(=O)N[C@@H](Cc1ccc2ccccc2c1)C(=O)NCC(=O)N[C@H](CCC(=O)O)C(=O)O. The molecule has 0 saturated heterocycles. The van der Waals surface area contributed by atoms with Crippen LogP contribution in [0.15, 0.2) is 47.5 Å². The van der Waals surface area contributed by atoms with Gasteiger partial charge in [0.05, 0.1) is 12.6 Å². The molecule has 11 N–H and O–H groups in total. The van der Waals surface area contributed by atoms with E-state index >= 15 is 0 Å². The van der Waals surface area contributed by atoms with Crippen LogP contribution in [-0.4, -0.2) is 77.0 Å². The smallest absolute Gasteiger partial charge is 0.326 e. The standard InChI is InChI=1S/C26H35N7O7/c27-18(6-3-11-30-26(28)29)23(37)33-20(13-15-7-8-16-4-1-2-5-17(16)12-15)24(38)31-14-21(34)32-19(25(39)40)9-10-22(35)36/h1-2,4-5,7-8,12,18-20H,3,6,9-11,13-14,27H2,(H,31,38)(H,32,34)(H,33,37)(H,35,36)(H,39,40)(H4,28,29,30)/t18-,19+,20-/m0/s1. The Bertz CT molecular complexity index is 1250. The Morgan fingerprint density at radius 1 is 0.875 bits per heavy atom. The van der Waals surface area contributed by atoms with Crippen LogP contribution in [0.25, 0.3) is 10.8 Å². The van der Waals surface area contributed by atoms with Gasteiger partial charge in [-0.05, 0) is 35.6 Å². The van der Waals surface area contributed by atoms with Crippen LogP contribution in [0.2, 0.25) is 0 Å². The van der Waals surface area contributed by atoms with Crippen molar-refractivity contribution in [3.05, 3.63) is 48.0 Å². The molecule has 2 aromatic rings. The molecule has 0 saturated carbocycles. The molecule has 0 heterocycles. The topological polar surface area (TPSA) is 252 Å². The van der Waals surface area contributed by atoms with Crippen LogP contribution >= 0.6 is 0 Å². The lowest BCUT2D eigenvalue weighted by Gasteiger charge is -2.21. The highest BCUT2D eigenvalue weighted by atomic mass is 16.4. The number of amides is 3. The molecule has 3 amide bonds. The zero-order chi connectivity index (χ0) is 29.7. The lowest BCUT2D eigenvalue weighted by atomic mass is 10.0. The summed E-state index contributed by atoms with van der Waals surface area (Å²) in [5.41, 5.74) is 17.3. The number of fused-ring (bicyclic) bond motifs is 1. The van der Waals surface area contributed by atoms with Crippen molar-refractivity contribution in [2.45, 2.75) is 50.2 Å². The van der Waals surface area contributed by atoms with E-state index in [1.54, 1.807) is 0 Å². The van der Waals surface area contributed by atoms with E-state index < -0.39 is 60.8 Å². The van der Waals surface area contributed by atoms with Gasteiger partial charge in [-0.1, -0.05) is 42.5 Å². The number of nitrogens with one attached hydrogen (secondary N) is 3. The number of carbonyl (C=O) groups excluding carboxylic acids is 3. The average Bonchev–Trinajstić information content (AvgIpc) is 2.90. The number of hydrogen-bond acceptors (Lipinski definition) is 7. The highest BCUT2D eigenvalue weighted by Crippen LogP contribution is 2.17. The first-order chi connectivity index (χ1) is 19.0. The van der Waals surface area contributed by atoms with Crippen molar-refractivity contribution < 1.29 is 34.2 Å². The van der Waals surface area contributed by atoms with E-state index in [2.05, 4.69) is 20.9 Å². The molecule has 0 bridgehead atoms. The number of carboxylic acids is 2. The van der Waals surface area contributed by atoms with E-state index in [0.29, 0.717) is 6.42 Å². The molecule has 0 spiro atoms. The van der Waals surface area contributed by atoms with Crippen LogP contribution in [-0.2, 0) is 30.4 Å². The van der Waals surface area contributed by atoms with Crippen molar-refractivity contribution in [2.75, 3.05) is 13.1 Å². The van der Waals surface area contributed by atoms with Crippen molar-refractivity contribution in [3.63, 3.8) is 0 Å². The van der Waals surface area contributed by atoms with Gasteiger partial charge in [0, 0.05) is 19.4 Å². The van der Waals surface area contributed by atoms with Gasteiger partial charge in [-0.15, -0.1) is 0 Å². The van der Waals surface area contributed by atoms with Gasteiger partial charge in [-0.25, -0.2) is 4.79 Å². The number of nitrogens with two attached hydrogens (primary N) is 3. The third-order valence-corrected chi connectivity index (χ3v) is 5.89. The molecule has 0 fully saturated rings. The summed E-state index contributed by atoms with van der Waals surface area (Å²) in [5.74, 6) is -4.81. The zero-order valence-electron chi connectivity index (χ0n) is 21.8. The molecule has 2 rings (SSSR count). The number of nitrogens with zero attached hydrogens (tertiary/aromatic N) is 1. The lowest BCUT2D eigenvalue weighted by molar-refractivity contribution is -0.143. The summed E-state index contributed by atoms with van der Waals surface area (Å²) in [7, 11) is 0. The fourth-order valence-electron chi connectivity index (χ4n) is 3.80. The first-order valence-corrected chi connectivity index (χ1v) is 12.6. The molecular weight excluding hydrogens is 522 g/mol. The number of carboxylic acid groups (broad SMARTS) is 2. The van der Waals surface area contributed by atoms with Gasteiger partial charge < -0.3 is 43.4 Å². The van der Waals surface area contributed by atoms with Gasteiger partial charge >= 0.3 is 11.9 Å². The molecule has 14 heteroatoms. The Balaban J connectivity index is 2.09. The largest absolute Gasteiger partial charge is 0.481 e. The molecule has 0 aromatic heterocycles. The maximum absolute atomic E-state index is 13.1. The predicted molar refractivity (Wildman–Crippen MR) is 147 cm³/mol. The summed E-state index contributed by atoms with van der Waals surface area (Å²) >= 11 is 0. The molecule has 40 heavy (non-hydrogen) atoms. The molecular formula is C26H35N7O7. The van der Waals surface area contributed by atoms with Crippen LogP contribution in [0.1, 0.15) is 31.2 Å². The van der Waals surface area contributed by atoms with Crippen LogP contribution in [0.5, 0.6) is 0 Å². The van der Waals surface area contributed by atoms with Crippen LogP contribution < -0.4 is 33.2 Å². The highest BCUT2D eigenvalue weighted by Gasteiger charge is 2.26. The molecule has 14 nitrogen and oxygen atoms in total. The molecule has 0 aliphatic carbocycles. The third kappa shape index (κ3) is 10.9. The normalized spacial score (nSPS) is 12.9. The Labute approximate surface area is 230 Å². The average molecular weight is 558 g/mol. The first kappa shape index (κ1) is 31.5. The molecule has 216 valence electrons. The summed E-state index contributed by atoms with van der Waals surface area (Å²) in [6, 6.07) is 9.70. The van der Waals surface area contributed by atoms with Crippen LogP contribution in [0, 0.1) is 0 Å².